The number of carbonyl (C=O) groups is 4. The summed E-state index contributed by atoms with van der Waals surface area (Å²) < 4.78 is 16.5. The number of Topliss-reactive ketones (excluding diaryl/α,β-unsaturated/α-hetero) is 3. The standard InChI is InChI=1S/C37H29NO7/c1-21(39)45-24-15-12-23(13-16-24)34(40)33-32(28-18-17-25(43-2)20-30(28)44-3)37(35(41)26-9-5-6-10-27(26)36(37)42)31-19-14-22-8-4-7-11-29(22)38(31)33/h4-20,31-33H,1-3H3/t31-,32+,33-/m0/s1. The molecule has 224 valence electrons. The monoisotopic (exact) mass is 599 g/mol. The molecule has 2 aliphatic heterocycles. The Morgan fingerprint density at radius 2 is 1.42 bits per heavy atom. The number of ether oxygens (including phenoxy) is 3. The highest BCUT2D eigenvalue weighted by molar-refractivity contribution is 6.32. The molecule has 45 heavy (non-hydrogen) atoms. The first-order valence-corrected chi connectivity index (χ1v) is 14.6. The number of benzene rings is 4. The number of para-hydroxylation sites is 1. The van der Waals surface area contributed by atoms with Crippen LogP contribution < -0.4 is 19.1 Å². The summed E-state index contributed by atoms with van der Waals surface area (Å²) in [5.41, 5.74) is 1.50. The molecule has 0 N–H and O–H groups in total. The second kappa shape index (κ2) is 10.6. The highest BCUT2D eigenvalue weighted by atomic mass is 16.5. The van der Waals surface area contributed by atoms with E-state index >= 15 is 0 Å². The van der Waals surface area contributed by atoms with Crippen molar-refractivity contribution in [3.05, 3.63) is 125 Å². The zero-order valence-electron chi connectivity index (χ0n) is 24.9. The molecule has 1 saturated heterocycles. The van der Waals surface area contributed by atoms with E-state index in [0.717, 1.165) is 11.3 Å². The Hall–Kier alpha value is -5.50. The lowest BCUT2D eigenvalue weighted by molar-refractivity contribution is -0.131. The van der Waals surface area contributed by atoms with Crippen molar-refractivity contribution in [2.45, 2.75) is 24.9 Å². The molecule has 4 aromatic carbocycles. The molecule has 0 aromatic heterocycles. The van der Waals surface area contributed by atoms with Crippen molar-refractivity contribution in [1.82, 2.24) is 0 Å². The van der Waals surface area contributed by atoms with Gasteiger partial charge in [0.1, 0.15) is 28.7 Å². The normalized spacial score (nSPS) is 20.4. The lowest BCUT2D eigenvalue weighted by atomic mass is 9.64. The van der Waals surface area contributed by atoms with Gasteiger partial charge < -0.3 is 19.1 Å². The molecule has 0 radical (unpaired) electrons. The summed E-state index contributed by atoms with van der Waals surface area (Å²) in [6.45, 7) is 1.30. The Kier molecular flexibility index (Phi) is 6.66. The summed E-state index contributed by atoms with van der Waals surface area (Å²) in [7, 11) is 3.06. The van der Waals surface area contributed by atoms with Gasteiger partial charge in [0, 0.05) is 46.8 Å². The molecule has 0 amide bonds. The first kappa shape index (κ1) is 28.3. The molecular formula is C37H29NO7. The van der Waals surface area contributed by atoms with Crippen LogP contribution >= 0.6 is 0 Å². The zero-order valence-corrected chi connectivity index (χ0v) is 24.9. The van der Waals surface area contributed by atoms with Crippen molar-refractivity contribution in [2.75, 3.05) is 19.1 Å². The van der Waals surface area contributed by atoms with Gasteiger partial charge >= 0.3 is 5.97 Å². The van der Waals surface area contributed by atoms with Crippen molar-refractivity contribution >= 4 is 35.1 Å². The van der Waals surface area contributed by atoms with E-state index in [0.29, 0.717) is 39.5 Å². The Morgan fingerprint density at radius 1 is 0.778 bits per heavy atom. The number of hydrogen-bond acceptors (Lipinski definition) is 8. The Labute approximate surface area is 259 Å². The van der Waals surface area contributed by atoms with Gasteiger partial charge in [0.05, 0.1) is 20.3 Å². The van der Waals surface area contributed by atoms with Crippen LogP contribution in [0, 0.1) is 5.41 Å². The molecule has 7 rings (SSSR count). The number of anilines is 1. The van der Waals surface area contributed by atoms with Gasteiger partial charge in [-0.3, -0.25) is 19.2 Å². The van der Waals surface area contributed by atoms with E-state index in [9.17, 15) is 19.2 Å². The van der Waals surface area contributed by atoms with Gasteiger partial charge in [0.15, 0.2) is 17.3 Å². The molecule has 0 bridgehead atoms. The van der Waals surface area contributed by atoms with Crippen LogP contribution in [-0.2, 0) is 4.79 Å². The van der Waals surface area contributed by atoms with Crippen LogP contribution in [0.25, 0.3) is 6.08 Å². The van der Waals surface area contributed by atoms with Crippen molar-refractivity contribution < 1.29 is 33.4 Å². The Bertz CT molecular complexity index is 1890. The average molecular weight is 600 g/mol. The van der Waals surface area contributed by atoms with Gasteiger partial charge in [-0.05, 0) is 42.0 Å². The van der Waals surface area contributed by atoms with Crippen LogP contribution in [0.2, 0.25) is 0 Å². The quantitative estimate of drug-likeness (QED) is 0.116. The maximum Gasteiger partial charge on any atom is 0.308 e. The molecule has 1 fully saturated rings. The predicted molar refractivity (Wildman–Crippen MR) is 167 cm³/mol. The van der Waals surface area contributed by atoms with Crippen LogP contribution in [0.4, 0.5) is 5.69 Å². The van der Waals surface area contributed by atoms with Gasteiger partial charge in [-0.2, -0.15) is 0 Å². The topological polar surface area (TPSA) is 99.2 Å². The van der Waals surface area contributed by atoms with Crippen LogP contribution in [-0.4, -0.2) is 49.6 Å². The van der Waals surface area contributed by atoms with E-state index in [4.69, 9.17) is 14.2 Å². The second-order valence-corrected chi connectivity index (χ2v) is 11.4. The van der Waals surface area contributed by atoms with Gasteiger partial charge in [-0.15, -0.1) is 0 Å². The SMILES string of the molecule is COc1ccc([C@@H]2[C@@H](C(=O)c3ccc(OC(C)=O)cc3)N3c4ccccc4C=C[C@H]3C23C(=O)c2ccccc2C3=O)c(OC)c1. The lowest BCUT2D eigenvalue weighted by Gasteiger charge is -2.37. The number of nitrogens with zero attached hydrogens (tertiary/aromatic N) is 1. The molecule has 4 aromatic rings. The molecule has 3 aliphatic rings. The molecule has 1 aliphatic carbocycles. The smallest absolute Gasteiger partial charge is 0.308 e. The number of methoxy groups -OCH3 is 2. The summed E-state index contributed by atoms with van der Waals surface area (Å²) in [5, 5.41) is 0. The molecule has 0 saturated carbocycles. The van der Waals surface area contributed by atoms with Crippen molar-refractivity contribution in [1.29, 1.82) is 0 Å². The Balaban J connectivity index is 1.52. The third-order valence-electron chi connectivity index (χ3n) is 9.16. The highest BCUT2D eigenvalue weighted by Crippen LogP contribution is 2.62. The molecular weight excluding hydrogens is 570 g/mol. The summed E-state index contributed by atoms with van der Waals surface area (Å²) in [4.78, 5) is 58.1. The van der Waals surface area contributed by atoms with Crippen molar-refractivity contribution in [3.63, 3.8) is 0 Å². The summed E-state index contributed by atoms with van der Waals surface area (Å²) in [6, 6.07) is 24.3. The fourth-order valence-electron chi connectivity index (χ4n) is 7.36. The third-order valence-corrected chi connectivity index (χ3v) is 9.16. The minimum atomic E-state index is -1.67. The molecule has 1 spiro atoms. The molecule has 0 unspecified atom stereocenters. The molecule has 3 atom stereocenters. The van der Waals surface area contributed by atoms with Gasteiger partial charge in [0.25, 0.3) is 0 Å². The van der Waals surface area contributed by atoms with E-state index in [1.165, 1.54) is 14.0 Å². The van der Waals surface area contributed by atoms with Crippen LogP contribution in [0.5, 0.6) is 17.2 Å². The lowest BCUT2D eigenvalue weighted by Crippen LogP contribution is -2.48. The molecule has 8 heteroatoms. The van der Waals surface area contributed by atoms with Gasteiger partial charge in [-0.1, -0.05) is 60.7 Å². The summed E-state index contributed by atoms with van der Waals surface area (Å²) >= 11 is 0. The minimum absolute atomic E-state index is 0.296. The van der Waals surface area contributed by atoms with Crippen LogP contribution in [0.15, 0.2) is 97.1 Å². The Morgan fingerprint density at radius 3 is 2.07 bits per heavy atom. The second-order valence-electron chi connectivity index (χ2n) is 11.4. The number of hydrogen-bond donors (Lipinski definition) is 0. The summed E-state index contributed by atoms with van der Waals surface area (Å²) in [6.07, 6.45) is 3.80. The van der Waals surface area contributed by atoms with E-state index in [2.05, 4.69) is 0 Å². The average Bonchev–Trinajstić information content (AvgIpc) is 3.50. The number of ketones is 3. The number of carbonyl (C=O) groups excluding carboxylic acids is 4. The first-order chi connectivity index (χ1) is 21.8. The first-order valence-electron chi connectivity index (χ1n) is 14.6. The van der Waals surface area contributed by atoms with Crippen molar-refractivity contribution in [2.24, 2.45) is 5.41 Å². The van der Waals surface area contributed by atoms with Crippen LogP contribution in [0.3, 0.4) is 0 Å². The van der Waals surface area contributed by atoms with Gasteiger partial charge in [0.2, 0.25) is 0 Å². The third kappa shape index (κ3) is 4.05. The maximum absolute atomic E-state index is 14.9. The maximum atomic E-state index is 14.9. The summed E-state index contributed by atoms with van der Waals surface area (Å²) in [5.74, 6) is -1.15. The fraction of sp³-hybridized carbons (Fsp3) is 0.189. The fourth-order valence-corrected chi connectivity index (χ4v) is 7.36. The van der Waals surface area contributed by atoms with E-state index in [1.807, 2.05) is 41.3 Å². The van der Waals surface area contributed by atoms with E-state index in [1.54, 1.807) is 73.8 Å². The molecule has 8 nitrogen and oxygen atoms in total. The predicted octanol–water partition coefficient (Wildman–Crippen LogP) is 5.95. The minimum Gasteiger partial charge on any atom is -0.497 e. The zero-order chi connectivity index (χ0) is 31.5. The van der Waals surface area contributed by atoms with E-state index < -0.39 is 29.4 Å². The molecule has 2 heterocycles. The van der Waals surface area contributed by atoms with Crippen molar-refractivity contribution in [3.8, 4) is 17.2 Å². The number of rotatable bonds is 6. The van der Waals surface area contributed by atoms with Crippen LogP contribution in [0.1, 0.15) is 55.0 Å². The highest BCUT2D eigenvalue weighted by Gasteiger charge is 2.72. The van der Waals surface area contributed by atoms with Gasteiger partial charge in [-0.25, -0.2) is 0 Å². The number of fused-ring (bicyclic) bond motifs is 5. The number of esters is 1. The largest absolute Gasteiger partial charge is 0.497 e. The van der Waals surface area contributed by atoms with E-state index in [-0.39, 0.29) is 17.3 Å².